The van der Waals surface area contributed by atoms with Gasteiger partial charge in [-0.05, 0) is 11.1 Å². The fourth-order valence-electron chi connectivity index (χ4n) is 1.74. The molecule has 0 aromatic heterocycles. The molecule has 0 aliphatic carbocycles. The SMILES string of the molecule is N=C(N)c1ccc(/C=C/c2ccc(C(=N)N)cc2)cc1.O=S(=O)(O)O. The molecule has 8 N–H and O–H groups in total. The van der Waals surface area contributed by atoms with Crippen LogP contribution in [0.25, 0.3) is 12.2 Å². The molecule has 0 radical (unpaired) electrons. The number of nitrogens with two attached hydrogens (primary N) is 2. The highest BCUT2D eigenvalue weighted by molar-refractivity contribution is 7.79. The molecule has 0 fully saturated rings. The van der Waals surface area contributed by atoms with Gasteiger partial charge in [-0.2, -0.15) is 8.42 Å². The van der Waals surface area contributed by atoms with Gasteiger partial charge in [0, 0.05) is 11.1 Å². The third kappa shape index (κ3) is 8.42. The summed E-state index contributed by atoms with van der Waals surface area (Å²) in [7, 11) is -4.67. The van der Waals surface area contributed by atoms with Crippen LogP contribution < -0.4 is 11.5 Å². The summed E-state index contributed by atoms with van der Waals surface area (Å²) >= 11 is 0. The van der Waals surface area contributed by atoms with Crippen molar-refractivity contribution in [1.82, 2.24) is 0 Å². The first kappa shape index (κ1) is 20.0. The molecule has 2 aromatic carbocycles. The molecule has 0 aliphatic rings. The van der Waals surface area contributed by atoms with Gasteiger partial charge in [-0.1, -0.05) is 60.7 Å². The Morgan fingerprint density at radius 1 is 0.760 bits per heavy atom. The second-order valence-corrected chi connectivity index (χ2v) is 5.75. The maximum atomic E-state index is 8.74. The molecule has 0 atom stereocenters. The average molecular weight is 362 g/mol. The Hall–Kier alpha value is -3.01. The van der Waals surface area contributed by atoms with E-state index in [-0.39, 0.29) is 11.7 Å². The third-order valence-corrected chi connectivity index (χ3v) is 2.91. The normalized spacial score (nSPS) is 10.8. The highest BCUT2D eigenvalue weighted by atomic mass is 32.3. The predicted molar refractivity (Wildman–Crippen MR) is 98.0 cm³/mol. The van der Waals surface area contributed by atoms with Crippen LogP contribution in [0.2, 0.25) is 0 Å². The van der Waals surface area contributed by atoms with Gasteiger partial charge < -0.3 is 11.5 Å². The summed E-state index contributed by atoms with van der Waals surface area (Å²) in [6, 6.07) is 14.9. The molecule has 0 bridgehead atoms. The van der Waals surface area contributed by atoms with Crippen molar-refractivity contribution in [2.24, 2.45) is 11.5 Å². The van der Waals surface area contributed by atoms with Crippen LogP contribution in [-0.2, 0) is 10.4 Å². The van der Waals surface area contributed by atoms with Crippen molar-refractivity contribution in [3.8, 4) is 0 Å². The molecule has 9 heteroatoms. The van der Waals surface area contributed by atoms with Crippen molar-refractivity contribution >= 4 is 34.2 Å². The molecule has 8 nitrogen and oxygen atoms in total. The van der Waals surface area contributed by atoms with Crippen LogP contribution in [0.15, 0.2) is 48.5 Å². The van der Waals surface area contributed by atoms with Crippen LogP contribution in [0.4, 0.5) is 0 Å². The molecule has 0 saturated heterocycles. The van der Waals surface area contributed by atoms with E-state index < -0.39 is 10.4 Å². The van der Waals surface area contributed by atoms with Crippen LogP contribution in [0.1, 0.15) is 22.3 Å². The third-order valence-electron chi connectivity index (χ3n) is 2.91. The Morgan fingerprint density at radius 3 is 1.20 bits per heavy atom. The largest absolute Gasteiger partial charge is 0.394 e. The standard InChI is InChI=1S/C16H16N4.H2O4S/c17-15(18)13-7-3-11(4-8-13)1-2-12-5-9-14(10-6-12)16(19)20;1-5(2,3)4/h1-10H,(H3,17,18)(H3,19,20);(H2,1,2,3,4)/b2-1+;. The number of nitrogens with one attached hydrogen (secondary N) is 2. The number of hydrogen-bond acceptors (Lipinski definition) is 4. The summed E-state index contributed by atoms with van der Waals surface area (Å²) < 4.78 is 31.6. The van der Waals surface area contributed by atoms with E-state index in [0.29, 0.717) is 11.1 Å². The Balaban J connectivity index is 0.000000550. The monoisotopic (exact) mass is 362 g/mol. The molecule has 132 valence electrons. The fourth-order valence-corrected chi connectivity index (χ4v) is 1.74. The summed E-state index contributed by atoms with van der Waals surface area (Å²) in [5, 5.41) is 14.7. The fraction of sp³-hybridized carbons (Fsp3) is 0. The van der Waals surface area contributed by atoms with E-state index in [1.165, 1.54) is 0 Å². The summed E-state index contributed by atoms with van der Waals surface area (Å²) in [6.45, 7) is 0. The van der Waals surface area contributed by atoms with Crippen LogP contribution in [0.3, 0.4) is 0 Å². The van der Waals surface area contributed by atoms with Gasteiger partial charge in [0.25, 0.3) is 0 Å². The Bertz CT molecular complexity index is 806. The number of hydrogen-bond donors (Lipinski definition) is 6. The van der Waals surface area contributed by atoms with Crippen LogP contribution >= 0.6 is 0 Å². The lowest BCUT2D eigenvalue weighted by molar-refractivity contribution is 0.381. The molecule has 0 unspecified atom stereocenters. The van der Waals surface area contributed by atoms with Crippen molar-refractivity contribution in [2.75, 3.05) is 0 Å². The van der Waals surface area contributed by atoms with Gasteiger partial charge in [0.15, 0.2) is 0 Å². The summed E-state index contributed by atoms with van der Waals surface area (Å²) in [5.41, 5.74) is 14.3. The Morgan fingerprint density at radius 2 is 1.00 bits per heavy atom. The maximum Gasteiger partial charge on any atom is 0.394 e. The van der Waals surface area contributed by atoms with Gasteiger partial charge in [-0.25, -0.2) is 0 Å². The van der Waals surface area contributed by atoms with Gasteiger partial charge in [0.1, 0.15) is 11.7 Å². The first-order chi connectivity index (χ1) is 11.6. The van der Waals surface area contributed by atoms with Gasteiger partial charge in [-0.3, -0.25) is 19.9 Å². The van der Waals surface area contributed by atoms with Crippen molar-refractivity contribution < 1.29 is 17.5 Å². The highest BCUT2D eigenvalue weighted by Gasteiger charge is 1.96. The minimum absolute atomic E-state index is 0.0698. The molecular weight excluding hydrogens is 344 g/mol. The second kappa shape index (κ2) is 8.73. The van der Waals surface area contributed by atoms with E-state index in [0.717, 1.165) is 11.1 Å². The average Bonchev–Trinajstić information content (AvgIpc) is 2.52. The van der Waals surface area contributed by atoms with E-state index in [2.05, 4.69) is 0 Å². The topological polar surface area (TPSA) is 174 Å². The van der Waals surface area contributed by atoms with E-state index >= 15 is 0 Å². The van der Waals surface area contributed by atoms with E-state index in [1.54, 1.807) is 0 Å². The van der Waals surface area contributed by atoms with Crippen molar-refractivity contribution in [3.63, 3.8) is 0 Å². The van der Waals surface area contributed by atoms with Gasteiger partial charge in [0.2, 0.25) is 0 Å². The van der Waals surface area contributed by atoms with E-state index in [9.17, 15) is 0 Å². The minimum atomic E-state index is -4.67. The predicted octanol–water partition coefficient (Wildman–Crippen LogP) is 1.77. The number of rotatable bonds is 4. The lowest BCUT2D eigenvalue weighted by atomic mass is 10.1. The van der Waals surface area contributed by atoms with Crippen molar-refractivity contribution in [1.29, 1.82) is 10.8 Å². The van der Waals surface area contributed by atoms with Gasteiger partial charge >= 0.3 is 10.4 Å². The molecular formula is C16H18N4O4S. The Labute approximate surface area is 145 Å². The second-order valence-electron chi connectivity index (χ2n) is 4.85. The van der Waals surface area contributed by atoms with E-state index in [4.69, 9.17) is 39.8 Å². The van der Waals surface area contributed by atoms with Gasteiger partial charge in [-0.15, -0.1) is 0 Å². The molecule has 2 aromatic rings. The first-order valence-electron chi connectivity index (χ1n) is 6.83. The van der Waals surface area contributed by atoms with E-state index in [1.807, 2.05) is 60.7 Å². The summed E-state index contributed by atoms with van der Waals surface area (Å²) in [6.07, 6.45) is 3.96. The van der Waals surface area contributed by atoms with Crippen molar-refractivity contribution in [2.45, 2.75) is 0 Å². The molecule has 2 rings (SSSR count). The first-order valence-corrected chi connectivity index (χ1v) is 8.23. The molecule has 0 heterocycles. The van der Waals surface area contributed by atoms with Crippen LogP contribution in [-0.4, -0.2) is 29.2 Å². The minimum Gasteiger partial charge on any atom is -0.384 e. The Kier molecular flexibility index (Phi) is 7.00. The maximum absolute atomic E-state index is 8.74. The molecule has 0 amide bonds. The highest BCUT2D eigenvalue weighted by Crippen LogP contribution is 2.10. The summed E-state index contributed by atoms with van der Waals surface area (Å²) in [4.78, 5) is 0. The summed E-state index contributed by atoms with van der Waals surface area (Å²) in [5.74, 6) is 0.140. The number of amidine groups is 2. The van der Waals surface area contributed by atoms with Gasteiger partial charge in [0.05, 0.1) is 0 Å². The molecule has 25 heavy (non-hydrogen) atoms. The molecule has 0 saturated carbocycles. The smallest absolute Gasteiger partial charge is 0.384 e. The lowest BCUT2D eigenvalue weighted by Crippen LogP contribution is -2.10. The van der Waals surface area contributed by atoms with Crippen LogP contribution in [0, 0.1) is 10.8 Å². The quantitative estimate of drug-likeness (QED) is 0.209. The van der Waals surface area contributed by atoms with Crippen LogP contribution in [0.5, 0.6) is 0 Å². The zero-order valence-electron chi connectivity index (χ0n) is 13.0. The number of nitrogen functional groups attached to an aromatic ring is 2. The van der Waals surface area contributed by atoms with Crippen molar-refractivity contribution in [3.05, 3.63) is 70.8 Å². The lowest BCUT2D eigenvalue weighted by Gasteiger charge is -2.00. The molecule has 0 spiro atoms. The number of benzene rings is 2. The molecule has 0 aliphatic heterocycles. The zero-order valence-corrected chi connectivity index (χ0v) is 13.9. The zero-order chi connectivity index (χ0) is 19.0.